The Morgan fingerprint density at radius 3 is 2.48 bits per heavy atom. The SMILES string of the molecule is O=C(O)[C@@H]1CS[C@H](CCc2ccccc2)N1C(=O)c1ccccc1S. The topological polar surface area (TPSA) is 57.6 Å². The van der Waals surface area contributed by atoms with Crippen molar-refractivity contribution in [3.8, 4) is 0 Å². The van der Waals surface area contributed by atoms with Crippen LogP contribution in [0.1, 0.15) is 22.3 Å². The van der Waals surface area contributed by atoms with Crippen molar-refractivity contribution in [3.05, 3.63) is 65.7 Å². The summed E-state index contributed by atoms with van der Waals surface area (Å²) in [7, 11) is 0. The smallest absolute Gasteiger partial charge is 0.327 e. The lowest BCUT2D eigenvalue weighted by atomic mass is 10.1. The molecular formula is C19H19NO3S2. The van der Waals surface area contributed by atoms with Crippen LogP contribution in [0.25, 0.3) is 0 Å². The number of carboxylic acid groups (broad SMARTS) is 1. The summed E-state index contributed by atoms with van der Waals surface area (Å²) in [5.41, 5.74) is 1.63. The van der Waals surface area contributed by atoms with Crippen molar-refractivity contribution < 1.29 is 14.7 Å². The molecule has 0 unspecified atom stereocenters. The van der Waals surface area contributed by atoms with E-state index in [9.17, 15) is 14.7 Å². The minimum absolute atomic E-state index is 0.151. The number of hydrogen-bond acceptors (Lipinski definition) is 4. The summed E-state index contributed by atoms with van der Waals surface area (Å²) in [4.78, 5) is 26.7. The second-order valence-electron chi connectivity index (χ2n) is 5.90. The number of amides is 1. The van der Waals surface area contributed by atoms with Crippen molar-refractivity contribution in [2.45, 2.75) is 29.2 Å². The van der Waals surface area contributed by atoms with Crippen molar-refractivity contribution in [2.24, 2.45) is 0 Å². The van der Waals surface area contributed by atoms with Gasteiger partial charge >= 0.3 is 5.97 Å². The maximum atomic E-state index is 13.0. The average molecular weight is 373 g/mol. The van der Waals surface area contributed by atoms with E-state index in [1.165, 1.54) is 22.2 Å². The maximum Gasteiger partial charge on any atom is 0.327 e. The number of carbonyl (C=O) groups is 2. The predicted molar refractivity (Wildman–Crippen MR) is 102 cm³/mol. The number of aliphatic carboxylic acids is 1. The Hall–Kier alpha value is -1.92. The van der Waals surface area contributed by atoms with Gasteiger partial charge in [-0.25, -0.2) is 4.79 Å². The second kappa shape index (κ2) is 7.97. The van der Waals surface area contributed by atoms with Gasteiger partial charge in [0.15, 0.2) is 0 Å². The minimum atomic E-state index is -0.959. The summed E-state index contributed by atoms with van der Waals surface area (Å²) in [6, 6.07) is 16.2. The predicted octanol–water partition coefficient (Wildman–Crippen LogP) is 3.58. The highest BCUT2D eigenvalue weighted by molar-refractivity contribution is 8.00. The molecule has 25 heavy (non-hydrogen) atoms. The van der Waals surface area contributed by atoms with Gasteiger partial charge in [-0.05, 0) is 30.5 Å². The van der Waals surface area contributed by atoms with Crippen LogP contribution in [0.2, 0.25) is 0 Å². The third-order valence-corrected chi connectivity index (χ3v) is 6.02. The molecule has 0 radical (unpaired) electrons. The molecule has 0 aliphatic carbocycles. The number of carboxylic acids is 1. The van der Waals surface area contributed by atoms with Gasteiger partial charge in [-0.3, -0.25) is 4.79 Å². The van der Waals surface area contributed by atoms with Crippen molar-refractivity contribution >= 4 is 36.3 Å². The molecular weight excluding hydrogens is 354 g/mol. The summed E-state index contributed by atoms with van der Waals surface area (Å²) in [6.45, 7) is 0. The van der Waals surface area contributed by atoms with Crippen LogP contribution in [-0.2, 0) is 11.2 Å². The first-order valence-corrected chi connectivity index (χ1v) is 9.56. The van der Waals surface area contributed by atoms with Gasteiger partial charge < -0.3 is 10.0 Å². The summed E-state index contributed by atoms with van der Waals surface area (Å²) < 4.78 is 0. The third-order valence-electron chi connectivity index (χ3n) is 4.27. The van der Waals surface area contributed by atoms with E-state index in [-0.39, 0.29) is 11.3 Å². The normalized spacial score (nSPS) is 19.8. The van der Waals surface area contributed by atoms with Crippen LogP contribution in [0.5, 0.6) is 0 Å². The molecule has 1 N–H and O–H groups in total. The van der Waals surface area contributed by atoms with Gasteiger partial charge in [-0.1, -0.05) is 42.5 Å². The molecule has 1 heterocycles. The molecule has 6 heteroatoms. The Bertz CT molecular complexity index is 766. The van der Waals surface area contributed by atoms with Gasteiger partial charge in [0.05, 0.1) is 10.9 Å². The fourth-order valence-corrected chi connectivity index (χ4v) is 4.63. The lowest BCUT2D eigenvalue weighted by molar-refractivity contribution is -0.141. The van der Waals surface area contributed by atoms with Gasteiger partial charge in [0.2, 0.25) is 0 Å². The number of thioether (sulfide) groups is 1. The first kappa shape index (κ1) is 17.9. The van der Waals surface area contributed by atoms with E-state index in [4.69, 9.17) is 0 Å². The van der Waals surface area contributed by atoms with E-state index in [0.717, 1.165) is 12.8 Å². The maximum absolute atomic E-state index is 13.0. The lowest BCUT2D eigenvalue weighted by Gasteiger charge is -2.28. The van der Waals surface area contributed by atoms with E-state index >= 15 is 0 Å². The summed E-state index contributed by atoms with van der Waals surface area (Å²) in [5, 5.41) is 9.37. The van der Waals surface area contributed by atoms with Crippen molar-refractivity contribution in [3.63, 3.8) is 0 Å². The molecule has 0 spiro atoms. The fourth-order valence-electron chi connectivity index (χ4n) is 2.98. The zero-order valence-corrected chi connectivity index (χ0v) is 15.2. The van der Waals surface area contributed by atoms with Crippen LogP contribution in [-0.4, -0.2) is 39.1 Å². The van der Waals surface area contributed by atoms with Gasteiger partial charge in [0, 0.05) is 10.6 Å². The van der Waals surface area contributed by atoms with E-state index in [1.54, 1.807) is 24.3 Å². The number of hydrogen-bond donors (Lipinski definition) is 2. The van der Waals surface area contributed by atoms with Crippen LogP contribution < -0.4 is 0 Å². The average Bonchev–Trinajstić information content (AvgIpc) is 3.05. The summed E-state index contributed by atoms with van der Waals surface area (Å²) >= 11 is 5.88. The molecule has 1 fully saturated rings. The fraction of sp³-hybridized carbons (Fsp3) is 0.263. The van der Waals surface area contributed by atoms with Gasteiger partial charge in [-0.2, -0.15) is 0 Å². The molecule has 1 amide bonds. The first-order chi connectivity index (χ1) is 12.1. The molecule has 2 aromatic rings. The molecule has 3 rings (SSSR count). The molecule has 0 aromatic heterocycles. The lowest BCUT2D eigenvalue weighted by Crippen LogP contribution is -2.45. The summed E-state index contributed by atoms with van der Waals surface area (Å²) in [5.74, 6) is -0.810. The number of nitrogens with zero attached hydrogens (tertiary/aromatic N) is 1. The van der Waals surface area contributed by atoms with E-state index in [0.29, 0.717) is 16.2 Å². The van der Waals surface area contributed by atoms with Crippen LogP contribution in [0.4, 0.5) is 0 Å². The number of aryl methyl sites for hydroxylation is 1. The van der Waals surface area contributed by atoms with Gasteiger partial charge in [0.25, 0.3) is 5.91 Å². The molecule has 130 valence electrons. The quantitative estimate of drug-likeness (QED) is 0.787. The van der Waals surface area contributed by atoms with Crippen molar-refractivity contribution in [1.29, 1.82) is 0 Å². The molecule has 1 saturated heterocycles. The number of thiol groups is 1. The monoisotopic (exact) mass is 373 g/mol. The zero-order valence-electron chi connectivity index (χ0n) is 13.5. The number of benzene rings is 2. The van der Waals surface area contributed by atoms with E-state index in [2.05, 4.69) is 12.6 Å². The standard InChI is InChI=1S/C19H19NO3S2/c21-18(14-8-4-5-9-16(14)24)20-15(19(22)23)12-25-17(20)11-10-13-6-2-1-3-7-13/h1-9,15,17,24H,10-12H2,(H,22,23)/t15-,17+/m0/s1. The Morgan fingerprint density at radius 2 is 1.80 bits per heavy atom. The largest absolute Gasteiger partial charge is 0.480 e. The molecule has 1 aliphatic rings. The first-order valence-electron chi connectivity index (χ1n) is 8.07. The molecule has 2 atom stereocenters. The third kappa shape index (κ3) is 4.02. The highest BCUT2D eigenvalue weighted by Crippen LogP contribution is 2.34. The van der Waals surface area contributed by atoms with Crippen molar-refractivity contribution in [1.82, 2.24) is 4.90 Å². The molecule has 1 aliphatic heterocycles. The van der Waals surface area contributed by atoms with Crippen LogP contribution >= 0.6 is 24.4 Å². The minimum Gasteiger partial charge on any atom is -0.480 e. The highest BCUT2D eigenvalue weighted by Gasteiger charge is 2.41. The second-order valence-corrected chi connectivity index (χ2v) is 7.59. The Morgan fingerprint density at radius 1 is 1.12 bits per heavy atom. The van der Waals surface area contributed by atoms with Crippen LogP contribution in [0, 0.1) is 0 Å². The van der Waals surface area contributed by atoms with Gasteiger partial charge in [0.1, 0.15) is 6.04 Å². The summed E-state index contributed by atoms with van der Waals surface area (Å²) in [6.07, 6.45) is 1.52. The highest BCUT2D eigenvalue weighted by atomic mass is 32.2. The van der Waals surface area contributed by atoms with Gasteiger partial charge in [-0.15, -0.1) is 24.4 Å². The van der Waals surface area contributed by atoms with Crippen LogP contribution in [0.3, 0.4) is 0 Å². The molecule has 2 aromatic carbocycles. The van der Waals surface area contributed by atoms with Crippen molar-refractivity contribution in [2.75, 3.05) is 5.75 Å². The Kier molecular flexibility index (Phi) is 5.71. The Balaban J connectivity index is 1.81. The molecule has 0 saturated carbocycles. The number of carbonyl (C=O) groups excluding carboxylic acids is 1. The molecule has 0 bridgehead atoms. The van der Waals surface area contributed by atoms with Crippen LogP contribution in [0.15, 0.2) is 59.5 Å². The van der Waals surface area contributed by atoms with E-state index < -0.39 is 12.0 Å². The van der Waals surface area contributed by atoms with E-state index in [1.807, 2.05) is 30.3 Å². The molecule has 4 nitrogen and oxygen atoms in total. The Labute approximate surface area is 156 Å². The number of rotatable bonds is 5. The zero-order chi connectivity index (χ0) is 17.8.